The van der Waals surface area contributed by atoms with Crippen molar-refractivity contribution in [2.75, 3.05) is 26.7 Å². The van der Waals surface area contributed by atoms with Gasteiger partial charge in [0.25, 0.3) is 5.91 Å². The molecule has 0 spiro atoms. The molecule has 10 heteroatoms. The number of carbonyl (C=O) groups is 3. The first kappa shape index (κ1) is 30.2. The SMILES string of the molecule is CN[C@@H](C)C(=O)N[C@H](C(=O)N1CCC[C@H]1CN(CCc1ccccc1)C(=O)c1cn2cc(F)ccc2n1)C(C)(C)C. The molecule has 9 nitrogen and oxygen atoms in total. The Morgan fingerprint density at radius 2 is 1.85 bits per heavy atom. The van der Waals surface area contributed by atoms with E-state index in [2.05, 4.69) is 15.6 Å². The molecule has 41 heavy (non-hydrogen) atoms. The van der Waals surface area contributed by atoms with E-state index in [9.17, 15) is 18.8 Å². The molecule has 2 N–H and O–H groups in total. The van der Waals surface area contributed by atoms with Gasteiger partial charge in [-0.15, -0.1) is 0 Å². The van der Waals surface area contributed by atoms with Crippen molar-refractivity contribution >= 4 is 23.4 Å². The first-order valence-electron chi connectivity index (χ1n) is 14.2. The van der Waals surface area contributed by atoms with E-state index in [1.54, 1.807) is 25.1 Å². The Morgan fingerprint density at radius 1 is 1.12 bits per heavy atom. The number of hydrogen-bond donors (Lipinski definition) is 2. The quantitative estimate of drug-likeness (QED) is 0.394. The number of aromatic nitrogens is 2. The molecule has 4 rings (SSSR count). The second kappa shape index (κ2) is 12.8. The number of carbonyl (C=O) groups excluding carboxylic acids is 3. The van der Waals surface area contributed by atoms with Gasteiger partial charge in [-0.1, -0.05) is 51.1 Å². The van der Waals surface area contributed by atoms with E-state index in [0.29, 0.717) is 31.7 Å². The van der Waals surface area contributed by atoms with Crippen molar-refractivity contribution in [2.45, 2.75) is 65.1 Å². The van der Waals surface area contributed by atoms with Crippen LogP contribution in [0.3, 0.4) is 0 Å². The molecule has 1 aromatic carbocycles. The van der Waals surface area contributed by atoms with E-state index in [1.165, 1.54) is 22.7 Å². The Labute approximate surface area is 241 Å². The van der Waals surface area contributed by atoms with Gasteiger partial charge in [-0.3, -0.25) is 14.4 Å². The Balaban J connectivity index is 1.57. The molecule has 0 saturated carbocycles. The molecule has 3 atom stereocenters. The third-order valence-corrected chi connectivity index (χ3v) is 7.75. The van der Waals surface area contributed by atoms with Crippen LogP contribution in [0.4, 0.5) is 4.39 Å². The predicted octanol–water partition coefficient (Wildman–Crippen LogP) is 3.29. The topological polar surface area (TPSA) is 99.0 Å². The first-order chi connectivity index (χ1) is 19.5. The lowest BCUT2D eigenvalue weighted by atomic mass is 9.85. The van der Waals surface area contributed by atoms with Crippen LogP contribution in [0.1, 0.15) is 56.6 Å². The lowest BCUT2D eigenvalue weighted by molar-refractivity contribution is -0.140. The first-order valence-corrected chi connectivity index (χ1v) is 14.2. The van der Waals surface area contributed by atoms with Crippen molar-refractivity contribution in [3.8, 4) is 0 Å². The molecule has 1 fully saturated rings. The second-order valence-electron chi connectivity index (χ2n) is 11.9. The molecule has 0 radical (unpaired) electrons. The number of fused-ring (bicyclic) bond motifs is 1. The highest BCUT2D eigenvalue weighted by Crippen LogP contribution is 2.27. The van der Waals surface area contributed by atoms with E-state index in [4.69, 9.17) is 0 Å². The smallest absolute Gasteiger partial charge is 0.274 e. The summed E-state index contributed by atoms with van der Waals surface area (Å²) in [5.74, 6) is -1.07. The minimum atomic E-state index is -0.715. The van der Waals surface area contributed by atoms with E-state index < -0.39 is 23.3 Å². The Hall–Kier alpha value is -3.79. The molecule has 1 aliphatic rings. The zero-order valence-corrected chi connectivity index (χ0v) is 24.6. The summed E-state index contributed by atoms with van der Waals surface area (Å²) in [5, 5.41) is 5.88. The van der Waals surface area contributed by atoms with Crippen LogP contribution in [0.25, 0.3) is 5.65 Å². The van der Waals surface area contributed by atoms with Crippen LogP contribution in [0.5, 0.6) is 0 Å². The second-order valence-corrected chi connectivity index (χ2v) is 11.9. The molecule has 1 saturated heterocycles. The van der Waals surface area contributed by atoms with E-state index in [-0.39, 0.29) is 29.5 Å². The van der Waals surface area contributed by atoms with Crippen molar-refractivity contribution in [3.63, 3.8) is 0 Å². The number of benzene rings is 1. The van der Waals surface area contributed by atoms with Gasteiger partial charge in [0.15, 0.2) is 0 Å². The molecule has 2 aromatic heterocycles. The molecule has 0 aliphatic carbocycles. The minimum Gasteiger partial charge on any atom is -0.342 e. The molecule has 0 unspecified atom stereocenters. The van der Waals surface area contributed by atoms with Crippen LogP contribution in [0.2, 0.25) is 0 Å². The molecular weight excluding hydrogens is 523 g/mol. The van der Waals surface area contributed by atoms with Crippen molar-refractivity contribution in [1.82, 2.24) is 29.8 Å². The highest BCUT2D eigenvalue weighted by molar-refractivity contribution is 5.93. The predicted molar refractivity (Wildman–Crippen MR) is 156 cm³/mol. The minimum absolute atomic E-state index is 0.143. The van der Waals surface area contributed by atoms with Gasteiger partial charge in [0.1, 0.15) is 23.2 Å². The Kier molecular flexibility index (Phi) is 9.42. The summed E-state index contributed by atoms with van der Waals surface area (Å²) in [4.78, 5) is 48.5. The fraction of sp³-hybridized carbons (Fsp3) is 0.484. The van der Waals surface area contributed by atoms with Crippen LogP contribution in [0, 0.1) is 11.2 Å². The summed E-state index contributed by atoms with van der Waals surface area (Å²) in [7, 11) is 1.70. The summed E-state index contributed by atoms with van der Waals surface area (Å²) in [6.07, 6.45) is 5.03. The molecule has 1 aliphatic heterocycles. The fourth-order valence-electron chi connectivity index (χ4n) is 5.20. The number of amides is 3. The zero-order valence-electron chi connectivity index (χ0n) is 24.6. The lowest BCUT2D eigenvalue weighted by Crippen LogP contribution is -2.59. The number of hydrogen-bond acceptors (Lipinski definition) is 5. The summed E-state index contributed by atoms with van der Waals surface area (Å²) < 4.78 is 15.3. The number of imidazole rings is 1. The van der Waals surface area contributed by atoms with Crippen molar-refractivity contribution in [3.05, 3.63) is 71.9 Å². The van der Waals surface area contributed by atoms with Crippen molar-refractivity contribution in [1.29, 1.82) is 0 Å². The van der Waals surface area contributed by atoms with Gasteiger partial charge in [0.2, 0.25) is 11.8 Å². The number of halogens is 1. The summed E-state index contributed by atoms with van der Waals surface area (Å²) in [5.41, 5.74) is 1.29. The largest absolute Gasteiger partial charge is 0.342 e. The summed E-state index contributed by atoms with van der Waals surface area (Å²) >= 11 is 0. The molecular formula is C31H41FN6O3. The average molecular weight is 565 g/mol. The summed E-state index contributed by atoms with van der Waals surface area (Å²) in [6, 6.07) is 11.4. The van der Waals surface area contributed by atoms with Crippen LogP contribution >= 0.6 is 0 Å². The van der Waals surface area contributed by atoms with Gasteiger partial charge < -0.3 is 24.8 Å². The number of likely N-dealkylation sites (N-methyl/N-ethyl adjacent to an activating group) is 1. The number of likely N-dealkylation sites (tertiary alicyclic amines) is 1. The van der Waals surface area contributed by atoms with E-state index in [1.807, 2.05) is 56.0 Å². The maximum Gasteiger partial charge on any atom is 0.274 e. The lowest BCUT2D eigenvalue weighted by Gasteiger charge is -2.37. The maximum atomic E-state index is 13.9. The number of nitrogens with one attached hydrogen (secondary N) is 2. The fourth-order valence-corrected chi connectivity index (χ4v) is 5.20. The van der Waals surface area contributed by atoms with Crippen LogP contribution in [-0.4, -0.2) is 81.7 Å². The number of nitrogens with zero attached hydrogens (tertiary/aromatic N) is 4. The average Bonchev–Trinajstić information content (AvgIpc) is 3.59. The van der Waals surface area contributed by atoms with Gasteiger partial charge >= 0.3 is 0 Å². The third-order valence-electron chi connectivity index (χ3n) is 7.75. The van der Waals surface area contributed by atoms with Gasteiger partial charge in [-0.05, 0) is 56.3 Å². The Morgan fingerprint density at radius 3 is 2.54 bits per heavy atom. The van der Waals surface area contributed by atoms with Crippen LogP contribution in [0.15, 0.2) is 54.9 Å². The van der Waals surface area contributed by atoms with Crippen molar-refractivity contribution in [2.24, 2.45) is 5.41 Å². The summed E-state index contributed by atoms with van der Waals surface area (Å²) in [6.45, 7) is 8.89. The highest BCUT2D eigenvalue weighted by atomic mass is 19.1. The van der Waals surface area contributed by atoms with Crippen molar-refractivity contribution < 1.29 is 18.8 Å². The van der Waals surface area contributed by atoms with Gasteiger partial charge in [-0.25, -0.2) is 9.37 Å². The van der Waals surface area contributed by atoms with Crippen LogP contribution in [-0.2, 0) is 16.0 Å². The molecule has 3 aromatic rings. The molecule has 220 valence electrons. The van der Waals surface area contributed by atoms with E-state index >= 15 is 0 Å². The van der Waals surface area contributed by atoms with Crippen LogP contribution < -0.4 is 10.6 Å². The maximum absolute atomic E-state index is 13.9. The normalized spacial score (nSPS) is 16.9. The Bertz CT molecular complexity index is 1370. The molecule has 3 amide bonds. The molecule has 3 heterocycles. The van der Waals surface area contributed by atoms with Gasteiger partial charge in [-0.2, -0.15) is 0 Å². The highest BCUT2D eigenvalue weighted by Gasteiger charge is 2.41. The number of rotatable bonds is 10. The zero-order chi connectivity index (χ0) is 29.7. The molecule has 0 bridgehead atoms. The van der Waals surface area contributed by atoms with Gasteiger partial charge in [0.05, 0.1) is 6.04 Å². The third kappa shape index (κ3) is 7.30. The van der Waals surface area contributed by atoms with E-state index in [0.717, 1.165) is 18.4 Å². The monoisotopic (exact) mass is 564 g/mol. The standard InChI is InChI=1S/C31H41FN6O3/c1-21(33-5)28(39)35-27(31(2,3)4)30(41)38-16-9-12-24(38)19-36(17-15-22-10-7-6-8-11-22)29(40)25-20-37-18-23(32)13-14-26(37)34-25/h6-8,10-11,13-14,18,20-21,24,27,33H,9,12,15-17,19H2,1-5H3,(H,35,39)/t21-,24-,27+/m0/s1. The van der Waals surface area contributed by atoms with Gasteiger partial charge in [0, 0.05) is 38.1 Å². The number of pyridine rings is 1.